The average molecular weight is 262 g/mol. The molecule has 16 heavy (non-hydrogen) atoms. The van der Waals surface area contributed by atoms with Gasteiger partial charge in [-0.15, -0.1) is 0 Å². The van der Waals surface area contributed by atoms with Crippen molar-refractivity contribution in [1.82, 2.24) is 0 Å². The van der Waals surface area contributed by atoms with Gasteiger partial charge in [0.05, 0.1) is 0 Å². The zero-order chi connectivity index (χ0) is 12.2. The molecule has 0 spiro atoms. The number of rotatable bonds is 8. The van der Waals surface area contributed by atoms with Crippen LogP contribution in [0.2, 0.25) is 0 Å². The zero-order valence-electron chi connectivity index (χ0n) is 10.3. The first-order valence-electron chi connectivity index (χ1n) is 6.10. The van der Waals surface area contributed by atoms with Gasteiger partial charge in [0.1, 0.15) is 0 Å². The van der Waals surface area contributed by atoms with Crippen molar-refractivity contribution in [2.75, 3.05) is 0 Å². The van der Waals surface area contributed by atoms with Gasteiger partial charge >= 0.3 is 0 Å². The summed E-state index contributed by atoms with van der Waals surface area (Å²) in [5, 5.41) is 0.282. The van der Waals surface area contributed by atoms with Crippen molar-refractivity contribution in [3.8, 4) is 0 Å². The number of hydrogen-bond acceptors (Lipinski definition) is 4. The first-order valence-corrected chi connectivity index (χ1v) is 8.25. The predicted molar refractivity (Wildman–Crippen MR) is 73.5 cm³/mol. The molecule has 0 saturated heterocycles. The molecular weight excluding hydrogens is 240 g/mol. The lowest BCUT2D eigenvalue weighted by atomic mass is 10.2. The molecule has 0 aliphatic heterocycles. The van der Waals surface area contributed by atoms with Crippen molar-refractivity contribution in [2.45, 2.75) is 65.2 Å². The van der Waals surface area contributed by atoms with Gasteiger partial charge in [-0.1, -0.05) is 39.5 Å². The Balaban J connectivity index is 3.40. The van der Waals surface area contributed by atoms with E-state index in [4.69, 9.17) is 0 Å². The van der Waals surface area contributed by atoms with Gasteiger partial charge in [-0.2, -0.15) is 0 Å². The van der Waals surface area contributed by atoms with E-state index >= 15 is 0 Å². The maximum atomic E-state index is 11.3. The SMILES string of the molecule is CCCCCC(=O)SSC(=O)CCCCC. The second-order valence-electron chi connectivity index (χ2n) is 3.82. The molecule has 0 atom stereocenters. The quantitative estimate of drug-likeness (QED) is 0.473. The smallest absolute Gasteiger partial charge is 0.199 e. The minimum Gasteiger partial charge on any atom is -0.286 e. The van der Waals surface area contributed by atoms with Crippen LogP contribution >= 0.6 is 21.6 Å². The van der Waals surface area contributed by atoms with Gasteiger partial charge in [0.2, 0.25) is 0 Å². The van der Waals surface area contributed by atoms with E-state index in [1.165, 1.54) is 0 Å². The highest BCUT2D eigenvalue weighted by atomic mass is 33.1. The molecule has 0 unspecified atom stereocenters. The molecule has 0 radical (unpaired) electrons. The third-order valence-corrected chi connectivity index (χ3v) is 4.43. The second-order valence-corrected chi connectivity index (χ2v) is 6.07. The number of carbonyl (C=O) groups excluding carboxylic acids is 2. The topological polar surface area (TPSA) is 34.1 Å². The van der Waals surface area contributed by atoms with Crippen molar-refractivity contribution in [2.24, 2.45) is 0 Å². The Morgan fingerprint density at radius 1 is 0.750 bits per heavy atom. The van der Waals surface area contributed by atoms with Crippen LogP contribution in [0.1, 0.15) is 65.2 Å². The highest BCUT2D eigenvalue weighted by molar-refractivity contribution is 8.87. The molecule has 0 aromatic heterocycles. The van der Waals surface area contributed by atoms with Gasteiger partial charge in [0.25, 0.3) is 0 Å². The summed E-state index contributed by atoms with van der Waals surface area (Å²) in [6, 6.07) is 0. The largest absolute Gasteiger partial charge is 0.286 e. The Bertz CT molecular complexity index is 183. The summed E-state index contributed by atoms with van der Waals surface area (Å²) < 4.78 is 0. The van der Waals surface area contributed by atoms with Crippen LogP contribution in [0.25, 0.3) is 0 Å². The number of hydrogen-bond donors (Lipinski definition) is 0. The molecule has 0 rings (SSSR count). The summed E-state index contributed by atoms with van der Waals surface area (Å²) >= 11 is 0. The Kier molecular flexibility index (Phi) is 11.6. The van der Waals surface area contributed by atoms with Gasteiger partial charge in [-0.05, 0) is 34.4 Å². The first kappa shape index (κ1) is 16.0. The van der Waals surface area contributed by atoms with E-state index < -0.39 is 0 Å². The third kappa shape index (κ3) is 10.6. The zero-order valence-corrected chi connectivity index (χ0v) is 11.9. The summed E-state index contributed by atoms with van der Waals surface area (Å²) in [4.78, 5) is 22.7. The fourth-order valence-electron chi connectivity index (χ4n) is 1.21. The molecule has 0 saturated carbocycles. The van der Waals surface area contributed by atoms with Crippen molar-refractivity contribution in [3.63, 3.8) is 0 Å². The van der Waals surface area contributed by atoms with E-state index in [1.807, 2.05) is 0 Å². The van der Waals surface area contributed by atoms with E-state index in [0.29, 0.717) is 12.8 Å². The molecule has 0 aromatic carbocycles. The van der Waals surface area contributed by atoms with Gasteiger partial charge in [-0.3, -0.25) is 9.59 Å². The fourth-order valence-corrected chi connectivity index (χ4v) is 2.91. The first-order chi connectivity index (χ1) is 7.70. The highest BCUT2D eigenvalue weighted by Crippen LogP contribution is 2.27. The monoisotopic (exact) mass is 262 g/mol. The van der Waals surface area contributed by atoms with Gasteiger partial charge < -0.3 is 0 Å². The van der Waals surface area contributed by atoms with Gasteiger partial charge in [0, 0.05) is 12.8 Å². The molecule has 0 bridgehead atoms. The number of carbonyl (C=O) groups is 2. The van der Waals surface area contributed by atoms with Crippen LogP contribution in [0.4, 0.5) is 0 Å². The highest BCUT2D eigenvalue weighted by Gasteiger charge is 2.08. The maximum Gasteiger partial charge on any atom is 0.199 e. The maximum absolute atomic E-state index is 11.3. The Morgan fingerprint density at radius 2 is 1.12 bits per heavy atom. The molecule has 0 heterocycles. The standard InChI is InChI=1S/C12H22O2S2/c1-3-5-7-9-11(13)15-16-12(14)10-8-6-4-2/h3-10H2,1-2H3. The van der Waals surface area contributed by atoms with E-state index in [1.54, 1.807) is 0 Å². The molecule has 0 fully saturated rings. The third-order valence-electron chi connectivity index (χ3n) is 2.20. The van der Waals surface area contributed by atoms with E-state index in [-0.39, 0.29) is 10.2 Å². The summed E-state index contributed by atoms with van der Waals surface area (Å²) in [7, 11) is 2.24. The van der Waals surface area contributed by atoms with Crippen LogP contribution in [-0.4, -0.2) is 10.2 Å². The lowest BCUT2D eigenvalue weighted by Crippen LogP contribution is -1.93. The molecular formula is C12H22O2S2. The fraction of sp³-hybridized carbons (Fsp3) is 0.833. The van der Waals surface area contributed by atoms with Crippen molar-refractivity contribution < 1.29 is 9.59 Å². The Labute approximate surface area is 107 Å². The minimum absolute atomic E-state index is 0.141. The molecule has 0 aliphatic rings. The molecule has 94 valence electrons. The molecule has 0 aromatic rings. The molecule has 2 nitrogen and oxygen atoms in total. The molecule has 0 amide bonds. The predicted octanol–water partition coefficient (Wildman–Crippen LogP) is 4.58. The van der Waals surface area contributed by atoms with Crippen LogP contribution in [-0.2, 0) is 9.59 Å². The van der Waals surface area contributed by atoms with E-state index in [9.17, 15) is 9.59 Å². The van der Waals surface area contributed by atoms with Crippen LogP contribution in [0.3, 0.4) is 0 Å². The lowest BCUT2D eigenvalue weighted by Gasteiger charge is -1.99. The normalized spacial score (nSPS) is 10.4. The molecule has 0 N–H and O–H groups in total. The van der Waals surface area contributed by atoms with Crippen molar-refractivity contribution in [3.05, 3.63) is 0 Å². The van der Waals surface area contributed by atoms with Crippen LogP contribution in [0.5, 0.6) is 0 Å². The molecule has 4 heteroatoms. The Hall–Kier alpha value is 0.0400. The molecule has 0 aliphatic carbocycles. The van der Waals surface area contributed by atoms with E-state index in [2.05, 4.69) is 13.8 Å². The van der Waals surface area contributed by atoms with Gasteiger partial charge in [0.15, 0.2) is 10.2 Å². The van der Waals surface area contributed by atoms with Crippen molar-refractivity contribution in [1.29, 1.82) is 0 Å². The van der Waals surface area contributed by atoms with Gasteiger partial charge in [-0.25, -0.2) is 0 Å². The summed E-state index contributed by atoms with van der Waals surface area (Å²) in [5.41, 5.74) is 0. The lowest BCUT2D eigenvalue weighted by molar-refractivity contribution is -0.112. The minimum atomic E-state index is 0.141. The van der Waals surface area contributed by atoms with Crippen LogP contribution in [0.15, 0.2) is 0 Å². The summed E-state index contributed by atoms with van der Waals surface area (Å²) in [6.45, 7) is 4.23. The van der Waals surface area contributed by atoms with Crippen LogP contribution in [0, 0.1) is 0 Å². The van der Waals surface area contributed by atoms with E-state index in [0.717, 1.165) is 60.1 Å². The van der Waals surface area contributed by atoms with Crippen molar-refractivity contribution >= 4 is 31.8 Å². The van der Waals surface area contributed by atoms with Crippen LogP contribution < -0.4 is 0 Å². The number of unbranched alkanes of at least 4 members (excludes halogenated alkanes) is 4. The summed E-state index contributed by atoms with van der Waals surface area (Å²) in [5.74, 6) is 0. The Morgan fingerprint density at radius 3 is 1.44 bits per heavy atom. The summed E-state index contributed by atoms with van der Waals surface area (Å²) in [6.07, 6.45) is 7.56. The average Bonchev–Trinajstić information content (AvgIpc) is 2.27. The second kappa shape index (κ2) is 11.5.